The molecule has 0 radical (unpaired) electrons. The SMILES string of the molecule is C1=CC2C(C=C1c1ccc3c(c1)c1ccccc1n3-c1nc(-c3ccccc3)c3ccccc3n1)Oc1ccccc1N2c1cccc2c1oc1ccccc12. The van der Waals surface area contributed by atoms with Crippen LogP contribution in [0.5, 0.6) is 5.75 Å². The maximum Gasteiger partial charge on any atom is 0.235 e. The number of aromatic nitrogens is 3. The smallest absolute Gasteiger partial charge is 0.235 e. The molecule has 10 aromatic rings. The summed E-state index contributed by atoms with van der Waals surface area (Å²) in [5.74, 6) is 1.49. The molecule has 0 saturated heterocycles. The molecule has 6 nitrogen and oxygen atoms in total. The Morgan fingerprint density at radius 3 is 2.20 bits per heavy atom. The van der Waals surface area contributed by atoms with Crippen molar-refractivity contribution in [2.75, 3.05) is 4.90 Å². The summed E-state index contributed by atoms with van der Waals surface area (Å²) in [6.45, 7) is 0. The van der Waals surface area contributed by atoms with Gasteiger partial charge in [-0.25, -0.2) is 9.97 Å². The van der Waals surface area contributed by atoms with Gasteiger partial charge in [0.2, 0.25) is 5.95 Å². The Kier molecular flexibility index (Phi) is 6.65. The second-order valence-corrected chi connectivity index (χ2v) is 14.5. The Labute approximate surface area is 321 Å². The molecule has 12 rings (SSSR count). The third-order valence-electron chi connectivity index (χ3n) is 11.3. The molecule has 0 N–H and O–H groups in total. The summed E-state index contributed by atoms with van der Waals surface area (Å²) in [4.78, 5) is 12.8. The molecule has 1 aliphatic heterocycles. The minimum atomic E-state index is -0.232. The summed E-state index contributed by atoms with van der Waals surface area (Å²) in [6, 6.07) is 56.7. The quantitative estimate of drug-likeness (QED) is 0.181. The number of ether oxygens (including phenoxy) is 1. The minimum absolute atomic E-state index is 0.0815. The number of hydrogen-bond acceptors (Lipinski definition) is 5. The van der Waals surface area contributed by atoms with Crippen LogP contribution in [0.4, 0.5) is 11.4 Å². The fourth-order valence-electron chi connectivity index (χ4n) is 8.80. The number of benzene rings is 7. The summed E-state index contributed by atoms with van der Waals surface area (Å²) in [5.41, 5.74) is 11.0. The second-order valence-electron chi connectivity index (χ2n) is 14.5. The highest BCUT2D eigenvalue weighted by atomic mass is 16.5. The first kappa shape index (κ1) is 31.0. The van der Waals surface area contributed by atoms with E-state index >= 15 is 0 Å². The Hall–Kier alpha value is -7.44. The lowest BCUT2D eigenvalue weighted by atomic mass is 9.91. The van der Waals surface area contributed by atoms with E-state index in [0.29, 0.717) is 5.95 Å². The topological polar surface area (TPSA) is 56.3 Å². The number of allylic oxidation sites excluding steroid dienone is 2. The molecule has 2 unspecified atom stereocenters. The van der Waals surface area contributed by atoms with Crippen molar-refractivity contribution < 1.29 is 9.15 Å². The molecule has 2 aliphatic rings. The lowest BCUT2D eigenvalue weighted by Gasteiger charge is -2.42. The standard InChI is InChI=1S/C50H32N4O2/c1-2-13-31(14-3-1)48-37-17-4-7-19-39(37)51-50(52-48)54-40-20-8-5-15-34(40)38-29-32(25-27-41(38)54)33-26-28-43-47(30-33)55-46-24-11-9-21-42(46)53(43)44-22-12-18-36-35-16-6-10-23-45(35)56-49(36)44/h1-30,43,47H. The number of nitrogens with zero attached hydrogens (tertiary/aromatic N) is 4. The van der Waals surface area contributed by atoms with Gasteiger partial charge in [-0.05, 0) is 65.7 Å². The predicted octanol–water partition coefficient (Wildman–Crippen LogP) is 12.2. The zero-order valence-electron chi connectivity index (χ0n) is 30.1. The van der Waals surface area contributed by atoms with Gasteiger partial charge in [0.25, 0.3) is 0 Å². The first-order chi connectivity index (χ1) is 27.8. The Balaban J connectivity index is 0.982. The number of furan rings is 1. The monoisotopic (exact) mass is 720 g/mol. The minimum Gasteiger partial charge on any atom is -0.482 e. The van der Waals surface area contributed by atoms with E-state index in [9.17, 15) is 0 Å². The average Bonchev–Trinajstić information content (AvgIpc) is 3.81. The maximum atomic E-state index is 6.79. The highest BCUT2D eigenvalue weighted by Crippen LogP contribution is 2.47. The fourth-order valence-corrected chi connectivity index (χ4v) is 8.80. The van der Waals surface area contributed by atoms with Crippen LogP contribution in [0.2, 0.25) is 0 Å². The largest absolute Gasteiger partial charge is 0.482 e. The van der Waals surface area contributed by atoms with Crippen molar-refractivity contribution in [1.82, 2.24) is 14.5 Å². The van der Waals surface area contributed by atoms with E-state index in [0.717, 1.165) is 94.2 Å². The summed E-state index contributed by atoms with van der Waals surface area (Å²) in [7, 11) is 0. The molecule has 7 aromatic carbocycles. The number of rotatable bonds is 4. The van der Waals surface area contributed by atoms with E-state index in [2.05, 4.69) is 155 Å². The van der Waals surface area contributed by atoms with Crippen molar-refractivity contribution in [3.05, 3.63) is 188 Å². The maximum absolute atomic E-state index is 6.79. The molecule has 0 fully saturated rings. The van der Waals surface area contributed by atoms with Crippen molar-refractivity contribution in [3.63, 3.8) is 0 Å². The van der Waals surface area contributed by atoms with Crippen LogP contribution >= 0.6 is 0 Å². The van der Waals surface area contributed by atoms with E-state index in [1.807, 2.05) is 36.4 Å². The van der Waals surface area contributed by atoms with Crippen molar-refractivity contribution in [1.29, 1.82) is 0 Å². The number of para-hydroxylation sites is 6. The van der Waals surface area contributed by atoms with Gasteiger partial charge in [-0.2, -0.15) is 0 Å². The first-order valence-corrected chi connectivity index (χ1v) is 19.0. The van der Waals surface area contributed by atoms with E-state index in [4.69, 9.17) is 19.1 Å². The van der Waals surface area contributed by atoms with Gasteiger partial charge in [0, 0.05) is 32.5 Å². The normalized spacial score (nSPS) is 16.4. The molecule has 264 valence electrons. The summed E-state index contributed by atoms with van der Waals surface area (Å²) < 4.78 is 15.5. The highest BCUT2D eigenvalue weighted by Gasteiger charge is 2.37. The number of hydrogen-bond donors (Lipinski definition) is 0. The Morgan fingerprint density at radius 1 is 0.536 bits per heavy atom. The van der Waals surface area contributed by atoms with Crippen LogP contribution in [-0.4, -0.2) is 26.7 Å². The van der Waals surface area contributed by atoms with Gasteiger partial charge in [0.1, 0.15) is 17.4 Å². The molecule has 2 atom stereocenters. The molecular weight excluding hydrogens is 689 g/mol. The fraction of sp³-hybridized carbons (Fsp3) is 0.0400. The molecule has 56 heavy (non-hydrogen) atoms. The number of fused-ring (bicyclic) bond motifs is 9. The summed E-state index contributed by atoms with van der Waals surface area (Å²) in [6.07, 6.45) is 6.55. The van der Waals surface area contributed by atoms with E-state index < -0.39 is 0 Å². The van der Waals surface area contributed by atoms with Crippen LogP contribution in [0.1, 0.15) is 5.56 Å². The van der Waals surface area contributed by atoms with Crippen LogP contribution in [0, 0.1) is 0 Å². The Bertz CT molecular complexity index is 3270. The molecule has 0 amide bonds. The predicted molar refractivity (Wildman–Crippen MR) is 227 cm³/mol. The van der Waals surface area contributed by atoms with Crippen LogP contribution in [0.3, 0.4) is 0 Å². The summed E-state index contributed by atoms with van der Waals surface area (Å²) in [5, 5.41) is 5.53. The van der Waals surface area contributed by atoms with Gasteiger partial charge >= 0.3 is 0 Å². The van der Waals surface area contributed by atoms with E-state index in [1.165, 1.54) is 0 Å². The molecule has 0 bridgehead atoms. The van der Waals surface area contributed by atoms with Crippen molar-refractivity contribution in [3.8, 4) is 23.0 Å². The zero-order valence-corrected chi connectivity index (χ0v) is 30.1. The van der Waals surface area contributed by atoms with Gasteiger partial charge in [0.05, 0.1) is 39.7 Å². The second kappa shape index (κ2) is 12.0. The van der Waals surface area contributed by atoms with Crippen LogP contribution in [0.15, 0.2) is 186 Å². The average molecular weight is 721 g/mol. The van der Waals surface area contributed by atoms with Crippen molar-refractivity contribution >= 4 is 71.6 Å². The van der Waals surface area contributed by atoms with E-state index in [1.54, 1.807) is 0 Å². The molecule has 1 aliphatic carbocycles. The lowest BCUT2D eigenvalue weighted by Crippen LogP contribution is -2.46. The first-order valence-electron chi connectivity index (χ1n) is 19.0. The third kappa shape index (κ3) is 4.62. The van der Waals surface area contributed by atoms with Gasteiger partial charge in [-0.15, -0.1) is 0 Å². The molecule has 3 aromatic heterocycles. The molecule has 0 spiro atoms. The molecule has 4 heterocycles. The van der Waals surface area contributed by atoms with Gasteiger partial charge in [-0.1, -0.05) is 127 Å². The zero-order chi connectivity index (χ0) is 36.7. The number of anilines is 2. The lowest BCUT2D eigenvalue weighted by molar-refractivity contribution is 0.219. The van der Waals surface area contributed by atoms with Crippen LogP contribution in [0.25, 0.3) is 77.4 Å². The molecule has 6 heteroatoms. The van der Waals surface area contributed by atoms with Gasteiger partial charge in [0.15, 0.2) is 5.58 Å². The van der Waals surface area contributed by atoms with Crippen molar-refractivity contribution in [2.24, 2.45) is 0 Å². The molecular formula is C50H32N4O2. The van der Waals surface area contributed by atoms with Crippen molar-refractivity contribution in [2.45, 2.75) is 12.1 Å². The third-order valence-corrected chi connectivity index (χ3v) is 11.3. The molecule has 0 saturated carbocycles. The van der Waals surface area contributed by atoms with E-state index in [-0.39, 0.29) is 12.1 Å². The van der Waals surface area contributed by atoms with Gasteiger partial charge < -0.3 is 14.1 Å². The summed E-state index contributed by atoms with van der Waals surface area (Å²) >= 11 is 0. The highest BCUT2D eigenvalue weighted by molar-refractivity contribution is 6.11. The van der Waals surface area contributed by atoms with Crippen LogP contribution < -0.4 is 9.64 Å². The van der Waals surface area contributed by atoms with Gasteiger partial charge in [-0.3, -0.25) is 4.57 Å². The Morgan fingerprint density at radius 2 is 1.27 bits per heavy atom. The van der Waals surface area contributed by atoms with Crippen LogP contribution in [-0.2, 0) is 0 Å².